The van der Waals surface area contributed by atoms with E-state index in [1.54, 1.807) is 0 Å². The average Bonchev–Trinajstić information content (AvgIpc) is 3.15. The first-order valence-electron chi connectivity index (χ1n) is 5.93. The number of pyridine rings is 1. The summed E-state index contributed by atoms with van der Waals surface area (Å²) in [6, 6.07) is 0.712. The fourth-order valence-corrected chi connectivity index (χ4v) is 2.23. The van der Waals surface area contributed by atoms with Crippen LogP contribution in [0.25, 0.3) is 0 Å². The molecule has 2 aliphatic rings. The van der Waals surface area contributed by atoms with Gasteiger partial charge in [-0.3, -0.25) is 0 Å². The zero-order valence-electron chi connectivity index (χ0n) is 9.22. The first-order chi connectivity index (χ1) is 8.15. The van der Waals surface area contributed by atoms with Gasteiger partial charge < -0.3 is 5.32 Å². The third kappa shape index (κ3) is 2.23. The molecule has 1 heterocycles. The van der Waals surface area contributed by atoms with Crippen molar-refractivity contribution in [2.45, 2.75) is 31.7 Å². The lowest BCUT2D eigenvalue weighted by molar-refractivity contribution is 0.463. The molecule has 1 aromatic heterocycles. The van der Waals surface area contributed by atoms with Gasteiger partial charge in [0.2, 0.25) is 0 Å². The van der Waals surface area contributed by atoms with Crippen molar-refractivity contribution in [3.05, 3.63) is 23.6 Å². The molecule has 2 saturated carbocycles. The van der Waals surface area contributed by atoms with E-state index in [0.29, 0.717) is 17.9 Å². The van der Waals surface area contributed by atoms with E-state index in [1.165, 1.54) is 0 Å². The highest BCUT2D eigenvalue weighted by molar-refractivity contribution is 5.38. The summed E-state index contributed by atoms with van der Waals surface area (Å²) in [6.07, 6.45) is 4.50. The largest absolute Gasteiger partial charge is 0.364 e. The van der Waals surface area contributed by atoms with Crippen molar-refractivity contribution < 1.29 is 13.2 Å². The SMILES string of the molecule is Fc1cc(F)c(NC(C2CC2)C2CC2)nc1F. The van der Waals surface area contributed by atoms with Gasteiger partial charge in [0.05, 0.1) is 0 Å². The minimum atomic E-state index is -1.25. The van der Waals surface area contributed by atoms with Crippen molar-refractivity contribution in [3.63, 3.8) is 0 Å². The average molecular weight is 242 g/mol. The summed E-state index contributed by atoms with van der Waals surface area (Å²) in [6.45, 7) is 0. The maximum Gasteiger partial charge on any atom is 0.251 e. The van der Waals surface area contributed by atoms with Gasteiger partial charge in [0.1, 0.15) is 0 Å². The number of nitrogens with zero attached hydrogens (tertiary/aromatic N) is 1. The Morgan fingerprint density at radius 1 is 1.06 bits per heavy atom. The Hall–Kier alpha value is -1.26. The van der Waals surface area contributed by atoms with Gasteiger partial charge in [0.25, 0.3) is 5.95 Å². The van der Waals surface area contributed by atoms with Crippen LogP contribution in [0.15, 0.2) is 6.07 Å². The van der Waals surface area contributed by atoms with E-state index in [0.717, 1.165) is 25.7 Å². The Morgan fingerprint density at radius 2 is 1.65 bits per heavy atom. The summed E-state index contributed by atoms with van der Waals surface area (Å²) < 4.78 is 39.1. The minimum absolute atomic E-state index is 0.160. The molecule has 3 rings (SSSR count). The zero-order valence-corrected chi connectivity index (χ0v) is 9.22. The third-order valence-corrected chi connectivity index (χ3v) is 3.45. The maximum absolute atomic E-state index is 13.4. The van der Waals surface area contributed by atoms with Gasteiger partial charge >= 0.3 is 0 Å². The summed E-state index contributed by atoms with van der Waals surface area (Å²) >= 11 is 0. The van der Waals surface area contributed by atoms with Gasteiger partial charge in [0, 0.05) is 12.1 Å². The smallest absolute Gasteiger partial charge is 0.251 e. The second-order valence-electron chi connectivity index (χ2n) is 4.94. The van der Waals surface area contributed by atoms with Crippen molar-refractivity contribution >= 4 is 5.82 Å². The van der Waals surface area contributed by atoms with Crippen LogP contribution in [0.2, 0.25) is 0 Å². The molecule has 0 bridgehead atoms. The molecule has 0 aromatic carbocycles. The van der Waals surface area contributed by atoms with Crippen LogP contribution in [0.5, 0.6) is 0 Å². The molecule has 0 amide bonds. The van der Waals surface area contributed by atoms with Gasteiger partial charge in [-0.1, -0.05) is 0 Å². The number of hydrogen-bond donors (Lipinski definition) is 1. The van der Waals surface area contributed by atoms with Crippen molar-refractivity contribution in [2.24, 2.45) is 11.8 Å². The van der Waals surface area contributed by atoms with E-state index in [2.05, 4.69) is 10.3 Å². The zero-order chi connectivity index (χ0) is 12.0. The Balaban J connectivity index is 1.81. The second-order valence-corrected chi connectivity index (χ2v) is 4.94. The van der Waals surface area contributed by atoms with Crippen LogP contribution < -0.4 is 5.32 Å². The van der Waals surface area contributed by atoms with Crippen LogP contribution in [0.1, 0.15) is 25.7 Å². The normalized spacial score (nSPS) is 19.8. The fourth-order valence-electron chi connectivity index (χ4n) is 2.23. The summed E-state index contributed by atoms with van der Waals surface area (Å²) in [7, 11) is 0. The highest BCUT2D eigenvalue weighted by Crippen LogP contribution is 2.45. The second kappa shape index (κ2) is 3.89. The van der Waals surface area contributed by atoms with Gasteiger partial charge in [-0.15, -0.1) is 0 Å². The lowest BCUT2D eigenvalue weighted by Crippen LogP contribution is -2.25. The van der Waals surface area contributed by atoms with E-state index in [9.17, 15) is 13.2 Å². The summed E-state index contributed by atoms with van der Waals surface area (Å²) in [5.41, 5.74) is 0. The van der Waals surface area contributed by atoms with Crippen LogP contribution in [0.4, 0.5) is 19.0 Å². The monoisotopic (exact) mass is 242 g/mol. The van der Waals surface area contributed by atoms with E-state index in [1.807, 2.05) is 0 Å². The van der Waals surface area contributed by atoms with Crippen molar-refractivity contribution in [3.8, 4) is 0 Å². The lowest BCUT2D eigenvalue weighted by atomic mass is 10.1. The predicted molar refractivity (Wildman–Crippen MR) is 57.0 cm³/mol. The maximum atomic E-state index is 13.4. The van der Waals surface area contributed by atoms with Crippen molar-refractivity contribution in [1.29, 1.82) is 0 Å². The van der Waals surface area contributed by atoms with Gasteiger partial charge in [-0.05, 0) is 37.5 Å². The lowest BCUT2D eigenvalue weighted by Gasteiger charge is -2.18. The van der Waals surface area contributed by atoms with Crippen molar-refractivity contribution in [1.82, 2.24) is 4.98 Å². The molecule has 1 N–H and O–H groups in total. The van der Waals surface area contributed by atoms with Gasteiger partial charge in [0.15, 0.2) is 17.5 Å². The van der Waals surface area contributed by atoms with E-state index in [-0.39, 0.29) is 11.9 Å². The number of nitrogens with one attached hydrogen (secondary N) is 1. The third-order valence-electron chi connectivity index (χ3n) is 3.45. The Kier molecular flexibility index (Phi) is 2.49. The molecule has 0 saturated heterocycles. The highest BCUT2D eigenvalue weighted by atomic mass is 19.2. The predicted octanol–water partition coefficient (Wildman–Crippen LogP) is 3.10. The number of aromatic nitrogens is 1. The van der Waals surface area contributed by atoms with E-state index >= 15 is 0 Å². The quantitative estimate of drug-likeness (QED) is 0.821. The number of anilines is 1. The molecule has 2 nitrogen and oxygen atoms in total. The van der Waals surface area contributed by atoms with Crippen LogP contribution in [0.3, 0.4) is 0 Å². The summed E-state index contributed by atoms with van der Waals surface area (Å²) in [4.78, 5) is 3.30. The molecular weight excluding hydrogens is 229 g/mol. The fraction of sp³-hybridized carbons (Fsp3) is 0.583. The van der Waals surface area contributed by atoms with Crippen LogP contribution in [-0.2, 0) is 0 Å². The molecule has 0 aliphatic heterocycles. The molecule has 17 heavy (non-hydrogen) atoms. The highest BCUT2D eigenvalue weighted by Gasteiger charge is 2.42. The Morgan fingerprint density at radius 3 is 2.18 bits per heavy atom. The molecule has 0 spiro atoms. The molecule has 2 aliphatic carbocycles. The number of hydrogen-bond acceptors (Lipinski definition) is 2. The van der Waals surface area contributed by atoms with Gasteiger partial charge in [-0.2, -0.15) is 9.37 Å². The Bertz CT molecular complexity index is 430. The topological polar surface area (TPSA) is 24.9 Å². The first kappa shape index (κ1) is 10.9. The van der Waals surface area contributed by atoms with Crippen LogP contribution >= 0.6 is 0 Å². The number of halogens is 3. The summed E-state index contributed by atoms with van der Waals surface area (Å²) in [5.74, 6) is -2.40. The first-order valence-corrected chi connectivity index (χ1v) is 5.93. The molecule has 1 aromatic rings. The van der Waals surface area contributed by atoms with Gasteiger partial charge in [-0.25, -0.2) is 8.78 Å². The number of rotatable bonds is 4. The van der Waals surface area contributed by atoms with E-state index in [4.69, 9.17) is 0 Å². The molecule has 0 atom stereocenters. The molecule has 2 fully saturated rings. The minimum Gasteiger partial charge on any atom is -0.364 e. The molecule has 0 unspecified atom stereocenters. The standard InChI is InChI=1S/C12H13F3N2/c13-8-5-9(14)12(17-11(8)15)16-10(6-1-2-6)7-3-4-7/h5-7,10H,1-4H2,(H,16,17). The molecule has 5 heteroatoms. The Labute approximate surface area is 97.2 Å². The van der Waals surface area contributed by atoms with E-state index < -0.39 is 17.6 Å². The van der Waals surface area contributed by atoms with Crippen LogP contribution in [-0.4, -0.2) is 11.0 Å². The summed E-state index contributed by atoms with van der Waals surface area (Å²) in [5, 5.41) is 2.95. The molecule has 0 radical (unpaired) electrons. The van der Waals surface area contributed by atoms with Crippen molar-refractivity contribution in [2.75, 3.05) is 5.32 Å². The van der Waals surface area contributed by atoms with Crippen LogP contribution in [0, 0.1) is 29.4 Å². The molecule has 92 valence electrons. The molecular formula is C12H13F3N2.